The minimum absolute atomic E-state index is 0.341. The Morgan fingerprint density at radius 2 is 2.00 bits per heavy atom. The van der Waals surface area contributed by atoms with Crippen molar-refractivity contribution < 1.29 is 14.3 Å². The van der Waals surface area contributed by atoms with Crippen LogP contribution in [0.5, 0.6) is 11.5 Å². The Kier molecular flexibility index (Phi) is 3.55. The Morgan fingerprint density at radius 3 is 2.47 bits per heavy atom. The van der Waals surface area contributed by atoms with Crippen LogP contribution in [0, 0.1) is 0 Å². The molecular weight excluding hydrogens is 194 g/mol. The van der Waals surface area contributed by atoms with Crippen LogP contribution >= 0.6 is 0 Å². The van der Waals surface area contributed by atoms with E-state index >= 15 is 0 Å². The van der Waals surface area contributed by atoms with Crippen molar-refractivity contribution in [3.05, 3.63) is 18.2 Å². The molecule has 1 aromatic carbocycles. The van der Waals surface area contributed by atoms with Crippen LogP contribution in [0.15, 0.2) is 18.2 Å². The number of carbonyl (C=O) groups excluding carboxylic acids is 1. The van der Waals surface area contributed by atoms with Crippen LogP contribution in [0.2, 0.25) is 0 Å². The number of hydrogen-bond acceptors (Lipinski definition) is 4. The Hall–Kier alpha value is -1.71. The molecule has 0 spiro atoms. The maximum Gasteiger partial charge on any atom is 0.308 e. The van der Waals surface area contributed by atoms with Crippen LogP contribution < -0.4 is 14.4 Å². The van der Waals surface area contributed by atoms with Gasteiger partial charge in [-0.05, 0) is 12.1 Å². The molecule has 0 heterocycles. The summed E-state index contributed by atoms with van der Waals surface area (Å²) in [5.41, 5.74) is 0.839. The molecule has 0 atom stereocenters. The van der Waals surface area contributed by atoms with Gasteiger partial charge >= 0.3 is 5.97 Å². The van der Waals surface area contributed by atoms with E-state index in [1.807, 2.05) is 31.1 Å². The number of methoxy groups -OCH3 is 1. The second-order valence-electron chi connectivity index (χ2n) is 3.32. The first kappa shape index (κ1) is 11.4. The van der Waals surface area contributed by atoms with Gasteiger partial charge in [0.15, 0.2) is 5.75 Å². The monoisotopic (exact) mass is 209 g/mol. The standard InChI is InChI=1S/C11H15NO3/c1-8(13)15-11-7-9(14-4)5-6-10(11)12(2)3/h5-7H,1-4H3. The van der Waals surface area contributed by atoms with Crippen LogP contribution in [0.25, 0.3) is 0 Å². The van der Waals surface area contributed by atoms with Crippen molar-refractivity contribution in [2.24, 2.45) is 0 Å². The SMILES string of the molecule is COc1ccc(N(C)C)c(OC(C)=O)c1. The predicted molar refractivity (Wildman–Crippen MR) is 58.6 cm³/mol. The minimum Gasteiger partial charge on any atom is -0.497 e. The maximum absolute atomic E-state index is 10.9. The van der Waals surface area contributed by atoms with E-state index in [9.17, 15) is 4.79 Å². The Morgan fingerprint density at radius 1 is 1.33 bits per heavy atom. The normalized spacial score (nSPS) is 9.60. The molecule has 0 aliphatic rings. The highest BCUT2D eigenvalue weighted by molar-refractivity contribution is 5.73. The number of anilines is 1. The molecule has 0 unspecified atom stereocenters. The van der Waals surface area contributed by atoms with Crippen molar-refractivity contribution in [1.29, 1.82) is 0 Å². The van der Waals surface area contributed by atoms with E-state index in [0.717, 1.165) is 5.69 Å². The molecule has 4 heteroatoms. The molecule has 0 amide bonds. The van der Waals surface area contributed by atoms with Gasteiger partial charge in [0, 0.05) is 27.1 Å². The lowest BCUT2D eigenvalue weighted by molar-refractivity contribution is -0.131. The van der Waals surface area contributed by atoms with E-state index in [1.54, 1.807) is 13.2 Å². The molecule has 82 valence electrons. The lowest BCUT2D eigenvalue weighted by Crippen LogP contribution is -2.12. The number of hydrogen-bond donors (Lipinski definition) is 0. The molecule has 0 bridgehead atoms. The highest BCUT2D eigenvalue weighted by Crippen LogP contribution is 2.31. The molecule has 0 N–H and O–H groups in total. The van der Waals surface area contributed by atoms with Crippen LogP contribution in [-0.2, 0) is 4.79 Å². The number of esters is 1. The first-order valence-corrected chi connectivity index (χ1v) is 4.58. The van der Waals surface area contributed by atoms with Crippen LogP contribution in [0.4, 0.5) is 5.69 Å². The van der Waals surface area contributed by atoms with Gasteiger partial charge in [0.1, 0.15) is 5.75 Å². The lowest BCUT2D eigenvalue weighted by atomic mass is 10.2. The van der Waals surface area contributed by atoms with Gasteiger partial charge in [0.25, 0.3) is 0 Å². The molecule has 15 heavy (non-hydrogen) atoms. The fourth-order valence-corrected chi connectivity index (χ4v) is 1.23. The summed E-state index contributed by atoms with van der Waals surface area (Å²) in [5.74, 6) is 0.829. The molecule has 4 nitrogen and oxygen atoms in total. The van der Waals surface area contributed by atoms with Gasteiger partial charge in [-0.3, -0.25) is 4.79 Å². The number of nitrogens with zero attached hydrogens (tertiary/aromatic N) is 1. The van der Waals surface area contributed by atoms with Gasteiger partial charge in [0.2, 0.25) is 0 Å². The summed E-state index contributed by atoms with van der Waals surface area (Å²) in [5, 5.41) is 0. The van der Waals surface area contributed by atoms with Gasteiger partial charge in [-0.1, -0.05) is 0 Å². The molecule has 0 saturated heterocycles. The summed E-state index contributed by atoms with van der Waals surface area (Å²) in [7, 11) is 5.34. The van der Waals surface area contributed by atoms with Gasteiger partial charge < -0.3 is 14.4 Å². The second-order valence-corrected chi connectivity index (χ2v) is 3.32. The zero-order chi connectivity index (χ0) is 11.4. The summed E-state index contributed by atoms with van der Waals surface area (Å²) in [6.07, 6.45) is 0. The van der Waals surface area contributed by atoms with E-state index < -0.39 is 0 Å². The molecule has 0 saturated carbocycles. The summed E-state index contributed by atoms with van der Waals surface area (Å²) < 4.78 is 10.1. The van der Waals surface area contributed by atoms with Crippen LogP contribution in [-0.4, -0.2) is 27.2 Å². The first-order valence-electron chi connectivity index (χ1n) is 4.58. The van der Waals surface area contributed by atoms with Crippen LogP contribution in [0.3, 0.4) is 0 Å². The topological polar surface area (TPSA) is 38.8 Å². The third-order valence-corrected chi connectivity index (χ3v) is 1.90. The number of ether oxygens (including phenoxy) is 2. The molecule has 1 aromatic rings. The molecule has 0 radical (unpaired) electrons. The highest BCUT2D eigenvalue weighted by atomic mass is 16.5. The summed E-state index contributed by atoms with van der Waals surface area (Å²) in [6, 6.07) is 5.36. The fraction of sp³-hybridized carbons (Fsp3) is 0.364. The molecule has 1 rings (SSSR count). The molecular formula is C11H15NO3. The van der Waals surface area contributed by atoms with Gasteiger partial charge in [-0.2, -0.15) is 0 Å². The van der Waals surface area contributed by atoms with E-state index in [1.165, 1.54) is 6.92 Å². The third kappa shape index (κ3) is 2.87. The third-order valence-electron chi connectivity index (χ3n) is 1.90. The van der Waals surface area contributed by atoms with E-state index in [2.05, 4.69) is 0 Å². The molecule has 0 aliphatic carbocycles. The Bertz CT molecular complexity index is 361. The Balaban J connectivity index is 3.10. The van der Waals surface area contributed by atoms with Crippen molar-refractivity contribution in [3.63, 3.8) is 0 Å². The molecule has 0 fully saturated rings. The van der Waals surface area contributed by atoms with Gasteiger partial charge in [-0.25, -0.2) is 0 Å². The molecule has 0 aliphatic heterocycles. The van der Waals surface area contributed by atoms with Gasteiger partial charge in [-0.15, -0.1) is 0 Å². The lowest BCUT2D eigenvalue weighted by Gasteiger charge is -2.17. The first-order chi connectivity index (χ1) is 7.04. The quantitative estimate of drug-likeness (QED) is 0.561. The highest BCUT2D eigenvalue weighted by Gasteiger charge is 2.09. The van der Waals surface area contributed by atoms with E-state index in [0.29, 0.717) is 11.5 Å². The second kappa shape index (κ2) is 4.68. The average Bonchev–Trinajstić information content (AvgIpc) is 2.16. The van der Waals surface area contributed by atoms with E-state index in [4.69, 9.17) is 9.47 Å². The van der Waals surface area contributed by atoms with Crippen molar-refractivity contribution in [3.8, 4) is 11.5 Å². The summed E-state index contributed by atoms with van der Waals surface area (Å²) in [4.78, 5) is 12.8. The Labute approximate surface area is 89.4 Å². The average molecular weight is 209 g/mol. The van der Waals surface area contributed by atoms with Crippen molar-refractivity contribution >= 4 is 11.7 Å². The van der Waals surface area contributed by atoms with E-state index in [-0.39, 0.29) is 5.97 Å². The number of benzene rings is 1. The summed E-state index contributed by atoms with van der Waals surface area (Å²) >= 11 is 0. The minimum atomic E-state index is -0.341. The van der Waals surface area contributed by atoms with Crippen molar-refractivity contribution in [2.75, 3.05) is 26.1 Å². The zero-order valence-corrected chi connectivity index (χ0v) is 9.40. The smallest absolute Gasteiger partial charge is 0.308 e. The zero-order valence-electron chi connectivity index (χ0n) is 9.40. The molecule has 0 aromatic heterocycles. The van der Waals surface area contributed by atoms with Crippen LogP contribution in [0.1, 0.15) is 6.92 Å². The van der Waals surface area contributed by atoms with Gasteiger partial charge in [0.05, 0.1) is 12.8 Å². The summed E-state index contributed by atoms with van der Waals surface area (Å²) in [6.45, 7) is 1.37. The number of rotatable bonds is 3. The van der Waals surface area contributed by atoms with Crippen molar-refractivity contribution in [1.82, 2.24) is 0 Å². The largest absolute Gasteiger partial charge is 0.497 e. The van der Waals surface area contributed by atoms with Crippen molar-refractivity contribution in [2.45, 2.75) is 6.92 Å². The number of carbonyl (C=O) groups is 1. The maximum atomic E-state index is 10.9. The predicted octanol–water partition coefficient (Wildman–Crippen LogP) is 1.69. The fourth-order valence-electron chi connectivity index (χ4n) is 1.23.